The summed E-state index contributed by atoms with van der Waals surface area (Å²) < 4.78 is 0. The van der Waals surface area contributed by atoms with Gasteiger partial charge in [-0.3, -0.25) is 0 Å². The molecule has 2 amide bonds. The van der Waals surface area contributed by atoms with Gasteiger partial charge in [0.2, 0.25) is 0 Å². The van der Waals surface area contributed by atoms with E-state index >= 15 is 0 Å². The van der Waals surface area contributed by atoms with Gasteiger partial charge in [-0.25, -0.2) is 4.79 Å². The van der Waals surface area contributed by atoms with E-state index in [1.165, 1.54) is 16.8 Å². The normalized spacial score (nSPS) is 14.7. The molecule has 2 aromatic rings. The van der Waals surface area contributed by atoms with Crippen LogP contribution >= 0.6 is 0 Å². The molecular formula is C25H33N3O. The molecule has 29 heavy (non-hydrogen) atoms. The number of hydrogen-bond acceptors (Lipinski definition) is 2. The van der Waals surface area contributed by atoms with Crippen LogP contribution in [0.15, 0.2) is 49.0 Å². The third kappa shape index (κ3) is 4.81. The molecule has 0 aliphatic carbocycles. The first kappa shape index (κ1) is 21.0. The third-order valence-corrected chi connectivity index (χ3v) is 5.77. The smallest absolute Gasteiger partial charge is 0.318 e. The molecule has 0 atom stereocenters. The average Bonchev–Trinajstić information content (AvgIpc) is 2.69. The molecule has 0 saturated carbocycles. The Kier molecular flexibility index (Phi) is 6.02. The van der Waals surface area contributed by atoms with Gasteiger partial charge in [0.05, 0.1) is 5.54 Å². The zero-order valence-corrected chi connectivity index (χ0v) is 18.4. The van der Waals surface area contributed by atoms with Crippen LogP contribution in [-0.2, 0) is 5.54 Å². The summed E-state index contributed by atoms with van der Waals surface area (Å²) in [7, 11) is 0. The number of nitrogens with zero attached hydrogens (tertiary/aromatic N) is 2. The fourth-order valence-corrected chi connectivity index (χ4v) is 3.80. The second-order valence-corrected chi connectivity index (χ2v) is 8.68. The van der Waals surface area contributed by atoms with E-state index in [1.807, 2.05) is 17.9 Å². The number of aryl methyl sites for hydroxylation is 2. The lowest BCUT2D eigenvalue weighted by Crippen LogP contribution is -2.55. The highest BCUT2D eigenvalue weighted by molar-refractivity contribution is 5.76. The Morgan fingerprint density at radius 2 is 1.72 bits per heavy atom. The van der Waals surface area contributed by atoms with Crippen molar-refractivity contribution in [2.45, 2.75) is 40.2 Å². The summed E-state index contributed by atoms with van der Waals surface area (Å²) in [6.45, 7) is 17.5. The number of allylic oxidation sites excluding steroid dienone is 1. The van der Waals surface area contributed by atoms with Gasteiger partial charge in [0.1, 0.15) is 0 Å². The van der Waals surface area contributed by atoms with Crippen LogP contribution in [0.4, 0.5) is 10.5 Å². The van der Waals surface area contributed by atoms with Gasteiger partial charge in [0, 0.05) is 31.9 Å². The topological polar surface area (TPSA) is 35.6 Å². The van der Waals surface area contributed by atoms with Crippen molar-refractivity contribution in [1.29, 1.82) is 0 Å². The van der Waals surface area contributed by atoms with Gasteiger partial charge in [0.25, 0.3) is 0 Å². The van der Waals surface area contributed by atoms with Crippen molar-refractivity contribution in [2.75, 3.05) is 31.1 Å². The molecule has 1 aliphatic rings. The predicted octanol–water partition coefficient (Wildman–Crippen LogP) is 5.10. The summed E-state index contributed by atoms with van der Waals surface area (Å²) in [5, 5.41) is 3.22. The van der Waals surface area contributed by atoms with Crippen molar-refractivity contribution in [2.24, 2.45) is 0 Å². The number of nitrogens with one attached hydrogen (secondary N) is 1. The summed E-state index contributed by atoms with van der Waals surface area (Å²) in [4.78, 5) is 17.3. The van der Waals surface area contributed by atoms with Crippen molar-refractivity contribution >= 4 is 17.3 Å². The van der Waals surface area contributed by atoms with E-state index in [2.05, 4.69) is 80.9 Å². The number of carbonyl (C=O) groups is 1. The third-order valence-electron chi connectivity index (χ3n) is 5.77. The molecule has 1 N–H and O–H groups in total. The lowest BCUT2D eigenvalue weighted by molar-refractivity contribution is 0.183. The maximum atomic E-state index is 12.9. The number of benzene rings is 2. The van der Waals surface area contributed by atoms with Crippen LogP contribution < -0.4 is 10.2 Å². The number of urea groups is 1. The van der Waals surface area contributed by atoms with Crippen LogP contribution in [0.25, 0.3) is 5.57 Å². The molecule has 1 aliphatic heterocycles. The Hall–Kier alpha value is -2.75. The summed E-state index contributed by atoms with van der Waals surface area (Å²) in [5.74, 6) is 0. The fraction of sp³-hybridized carbons (Fsp3) is 0.400. The van der Waals surface area contributed by atoms with E-state index in [0.717, 1.165) is 42.9 Å². The zero-order valence-electron chi connectivity index (χ0n) is 18.4. The monoisotopic (exact) mass is 391 g/mol. The number of anilines is 1. The maximum Gasteiger partial charge on any atom is 0.318 e. The van der Waals surface area contributed by atoms with Crippen molar-refractivity contribution < 1.29 is 4.79 Å². The van der Waals surface area contributed by atoms with E-state index in [4.69, 9.17) is 0 Å². The van der Waals surface area contributed by atoms with Gasteiger partial charge in [-0.05, 0) is 69.0 Å². The lowest BCUT2D eigenvalue weighted by atomic mass is 9.92. The van der Waals surface area contributed by atoms with Gasteiger partial charge in [-0.15, -0.1) is 0 Å². The van der Waals surface area contributed by atoms with E-state index in [-0.39, 0.29) is 6.03 Å². The van der Waals surface area contributed by atoms with E-state index in [1.54, 1.807) is 0 Å². The van der Waals surface area contributed by atoms with Gasteiger partial charge in [-0.1, -0.05) is 42.5 Å². The highest BCUT2D eigenvalue weighted by Crippen LogP contribution is 2.25. The van der Waals surface area contributed by atoms with Gasteiger partial charge >= 0.3 is 6.03 Å². The largest absolute Gasteiger partial charge is 0.368 e. The van der Waals surface area contributed by atoms with Crippen LogP contribution in [0.5, 0.6) is 0 Å². The van der Waals surface area contributed by atoms with E-state index < -0.39 is 5.54 Å². The molecule has 0 spiro atoms. The number of carbonyl (C=O) groups excluding carboxylic acids is 1. The molecule has 3 rings (SSSR count). The van der Waals surface area contributed by atoms with Gasteiger partial charge < -0.3 is 15.1 Å². The molecule has 1 fully saturated rings. The van der Waals surface area contributed by atoms with Crippen LogP contribution in [0.3, 0.4) is 0 Å². The molecule has 0 radical (unpaired) electrons. The SMILES string of the molecule is C=C(C)c1cccc(C(C)(C)NC(=O)N2CCN(c3cc(C)ccc3C)CC2)c1. The number of hydrogen-bond donors (Lipinski definition) is 1. The molecular weight excluding hydrogens is 358 g/mol. The van der Waals surface area contributed by atoms with Crippen molar-refractivity contribution in [3.8, 4) is 0 Å². The van der Waals surface area contributed by atoms with Crippen LogP contribution in [0.2, 0.25) is 0 Å². The molecule has 2 aromatic carbocycles. The van der Waals surface area contributed by atoms with Crippen molar-refractivity contribution in [3.63, 3.8) is 0 Å². The fourth-order valence-electron chi connectivity index (χ4n) is 3.80. The molecule has 0 aromatic heterocycles. The highest BCUT2D eigenvalue weighted by atomic mass is 16.2. The summed E-state index contributed by atoms with van der Waals surface area (Å²) in [6.07, 6.45) is 0. The van der Waals surface area contributed by atoms with Crippen molar-refractivity contribution in [3.05, 3.63) is 71.3 Å². The molecule has 0 unspecified atom stereocenters. The minimum Gasteiger partial charge on any atom is -0.368 e. The van der Waals surface area contributed by atoms with Crippen LogP contribution in [0.1, 0.15) is 43.0 Å². The highest BCUT2D eigenvalue weighted by Gasteiger charge is 2.28. The van der Waals surface area contributed by atoms with Crippen LogP contribution in [0, 0.1) is 13.8 Å². The molecule has 1 saturated heterocycles. The molecule has 0 bridgehead atoms. The second kappa shape index (κ2) is 8.32. The molecule has 4 nitrogen and oxygen atoms in total. The Balaban J connectivity index is 1.64. The predicted molar refractivity (Wildman–Crippen MR) is 122 cm³/mol. The second-order valence-electron chi connectivity index (χ2n) is 8.68. The standard InChI is InChI=1S/C25H33N3O/c1-18(2)21-8-7-9-22(17-21)25(5,6)26-24(29)28-14-12-27(13-15-28)23-16-19(3)10-11-20(23)4/h7-11,16-17H,1,12-15H2,2-6H3,(H,26,29). The Morgan fingerprint density at radius 1 is 1.03 bits per heavy atom. The first-order chi connectivity index (χ1) is 13.7. The first-order valence-corrected chi connectivity index (χ1v) is 10.3. The molecule has 1 heterocycles. The molecule has 4 heteroatoms. The van der Waals surface area contributed by atoms with E-state index in [0.29, 0.717) is 0 Å². The zero-order chi connectivity index (χ0) is 21.2. The first-order valence-electron chi connectivity index (χ1n) is 10.3. The lowest BCUT2D eigenvalue weighted by Gasteiger charge is -2.38. The number of amides is 2. The number of piperazine rings is 1. The van der Waals surface area contributed by atoms with Crippen molar-refractivity contribution in [1.82, 2.24) is 10.2 Å². The minimum absolute atomic E-state index is 0.00339. The van der Waals surface area contributed by atoms with E-state index in [9.17, 15) is 4.79 Å². The Bertz CT molecular complexity index is 908. The number of rotatable bonds is 4. The minimum atomic E-state index is -0.452. The molecule has 154 valence electrons. The summed E-state index contributed by atoms with van der Waals surface area (Å²) in [6, 6.07) is 14.8. The maximum absolute atomic E-state index is 12.9. The Labute approximate surface area is 175 Å². The Morgan fingerprint density at radius 3 is 2.38 bits per heavy atom. The van der Waals surface area contributed by atoms with Crippen LogP contribution in [-0.4, -0.2) is 37.1 Å². The average molecular weight is 392 g/mol. The van der Waals surface area contributed by atoms with Gasteiger partial charge in [-0.2, -0.15) is 0 Å². The summed E-state index contributed by atoms with van der Waals surface area (Å²) >= 11 is 0. The van der Waals surface area contributed by atoms with Gasteiger partial charge in [0.15, 0.2) is 0 Å². The summed E-state index contributed by atoms with van der Waals surface area (Å²) in [5.41, 5.74) is 6.59. The quantitative estimate of drug-likeness (QED) is 0.787.